The predicted molar refractivity (Wildman–Crippen MR) is 97.6 cm³/mol. The summed E-state index contributed by atoms with van der Waals surface area (Å²) in [5.74, 6) is -1.12. The highest BCUT2D eigenvalue weighted by Crippen LogP contribution is 2.40. The highest BCUT2D eigenvalue weighted by atomic mass is 35.5. The van der Waals surface area contributed by atoms with E-state index in [0.717, 1.165) is 0 Å². The number of carbonyl (C=O) groups excluding carboxylic acids is 1. The Hall–Kier alpha value is -1.60. The van der Waals surface area contributed by atoms with Gasteiger partial charge in [-0.1, -0.05) is 52.1 Å². The van der Waals surface area contributed by atoms with Crippen LogP contribution in [-0.4, -0.2) is 26.2 Å². The maximum absolute atomic E-state index is 12.6. The average Bonchev–Trinajstić information content (AvgIpc) is 2.56. The molecule has 2 rings (SSSR count). The van der Waals surface area contributed by atoms with Gasteiger partial charge in [-0.25, -0.2) is 0 Å². The van der Waals surface area contributed by atoms with Crippen molar-refractivity contribution in [1.29, 1.82) is 0 Å². The van der Waals surface area contributed by atoms with E-state index in [-0.39, 0.29) is 21.4 Å². The molecule has 26 heavy (non-hydrogen) atoms. The van der Waals surface area contributed by atoms with Crippen molar-refractivity contribution < 1.29 is 29.1 Å². The van der Waals surface area contributed by atoms with E-state index in [9.17, 15) is 19.1 Å². The van der Waals surface area contributed by atoms with Crippen LogP contribution < -0.4 is 4.74 Å². The van der Waals surface area contributed by atoms with Crippen molar-refractivity contribution >= 4 is 53.6 Å². The van der Waals surface area contributed by atoms with Gasteiger partial charge < -0.3 is 19.7 Å². The van der Waals surface area contributed by atoms with Crippen LogP contribution in [0.4, 0.5) is 0 Å². The molecule has 0 aliphatic rings. The van der Waals surface area contributed by atoms with Crippen molar-refractivity contribution in [3.05, 3.63) is 63.1 Å². The molecule has 138 valence electrons. The number of ether oxygens (including phenoxy) is 1. The lowest BCUT2D eigenvalue weighted by Crippen LogP contribution is -2.26. The predicted octanol–water partition coefficient (Wildman–Crippen LogP) is 4.30. The van der Waals surface area contributed by atoms with Gasteiger partial charge in [0.15, 0.2) is 6.10 Å². The molecule has 3 N–H and O–H groups in total. The summed E-state index contributed by atoms with van der Waals surface area (Å²) in [5, 5.41) is 12.1. The molecule has 2 aromatic rings. The molecule has 1 unspecified atom stereocenters. The number of nitrogens with zero attached hydrogens (tertiary/aromatic N) is 1. The molecule has 0 saturated carbocycles. The number of halogens is 3. The van der Waals surface area contributed by atoms with E-state index in [2.05, 4.69) is 5.16 Å². The van der Waals surface area contributed by atoms with Crippen LogP contribution in [0.5, 0.6) is 5.75 Å². The first-order valence-corrected chi connectivity index (χ1v) is 9.57. The van der Waals surface area contributed by atoms with Crippen LogP contribution in [0.1, 0.15) is 11.7 Å². The number of carbonyl (C=O) groups is 1. The van der Waals surface area contributed by atoms with Crippen molar-refractivity contribution in [1.82, 2.24) is 0 Å². The summed E-state index contributed by atoms with van der Waals surface area (Å²) in [4.78, 5) is 31.0. The lowest BCUT2D eigenvalue weighted by atomic mass is 10.1. The summed E-state index contributed by atoms with van der Waals surface area (Å²) in [5.41, 5.74) is -1.11. The van der Waals surface area contributed by atoms with E-state index in [0.29, 0.717) is 5.02 Å². The lowest BCUT2D eigenvalue weighted by molar-refractivity contribution is -0.119. The summed E-state index contributed by atoms with van der Waals surface area (Å²) in [7, 11) is -5.14. The molecule has 0 aliphatic heterocycles. The van der Waals surface area contributed by atoms with Crippen LogP contribution in [-0.2, 0) is 9.36 Å². The van der Waals surface area contributed by atoms with Gasteiger partial charge in [0.2, 0.25) is 11.2 Å². The van der Waals surface area contributed by atoms with Gasteiger partial charge in [0, 0.05) is 16.7 Å². The Balaban J connectivity index is 2.48. The SMILES string of the molecule is O=C(/C(=N/O)P(=O)(O)O)C(Oc1ccc(Cl)c(Cl)c1)c1ccc(Cl)cc1. The lowest BCUT2D eigenvalue weighted by Gasteiger charge is -2.19. The molecule has 0 heterocycles. The Morgan fingerprint density at radius 3 is 2.15 bits per heavy atom. The van der Waals surface area contributed by atoms with Gasteiger partial charge in [-0.3, -0.25) is 9.36 Å². The molecule has 0 spiro atoms. The monoisotopic (exact) mass is 437 g/mol. The van der Waals surface area contributed by atoms with Gasteiger partial charge in [0.25, 0.3) is 0 Å². The van der Waals surface area contributed by atoms with Crippen LogP contribution in [0.3, 0.4) is 0 Å². The number of hydrogen-bond acceptors (Lipinski definition) is 5. The molecule has 0 fully saturated rings. The first-order chi connectivity index (χ1) is 12.1. The van der Waals surface area contributed by atoms with Gasteiger partial charge in [0.1, 0.15) is 5.75 Å². The molecule has 0 amide bonds. The van der Waals surface area contributed by atoms with Gasteiger partial charge in [-0.05, 0) is 24.3 Å². The second-order valence-electron chi connectivity index (χ2n) is 4.96. The second kappa shape index (κ2) is 8.39. The number of benzene rings is 2. The normalized spacial score (nSPS) is 13.3. The Morgan fingerprint density at radius 2 is 1.65 bits per heavy atom. The van der Waals surface area contributed by atoms with E-state index < -0.39 is 24.9 Å². The minimum Gasteiger partial charge on any atom is -0.477 e. The summed E-state index contributed by atoms with van der Waals surface area (Å²) in [6, 6.07) is 9.94. The smallest absolute Gasteiger partial charge is 0.381 e. The number of ketones is 1. The van der Waals surface area contributed by atoms with E-state index >= 15 is 0 Å². The molecular weight excluding hydrogens is 427 g/mol. The fraction of sp³-hybridized carbons (Fsp3) is 0.0667. The largest absolute Gasteiger partial charge is 0.477 e. The topological polar surface area (TPSA) is 116 Å². The van der Waals surface area contributed by atoms with Crippen LogP contribution >= 0.6 is 42.4 Å². The average molecular weight is 439 g/mol. The minimum absolute atomic E-state index is 0.107. The van der Waals surface area contributed by atoms with Gasteiger partial charge in [-0.15, -0.1) is 0 Å². The number of hydrogen-bond donors (Lipinski definition) is 3. The summed E-state index contributed by atoms with van der Waals surface area (Å²) >= 11 is 17.5. The summed E-state index contributed by atoms with van der Waals surface area (Å²) < 4.78 is 17.0. The van der Waals surface area contributed by atoms with Crippen LogP contribution in [0.2, 0.25) is 15.1 Å². The Labute approximate surface area is 162 Å². The molecular formula is C15H11Cl3NO6P. The summed E-state index contributed by atoms with van der Waals surface area (Å²) in [6.45, 7) is 0. The highest BCUT2D eigenvalue weighted by Gasteiger charge is 2.38. The Kier molecular flexibility index (Phi) is 6.69. The van der Waals surface area contributed by atoms with E-state index in [1.807, 2.05) is 0 Å². The minimum atomic E-state index is -5.14. The zero-order chi connectivity index (χ0) is 19.5. The molecule has 11 heteroatoms. The third kappa shape index (κ3) is 4.98. The first-order valence-electron chi connectivity index (χ1n) is 6.83. The fourth-order valence-corrected chi connectivity index (χ4v) is 2.90. The maximum atomic E-state index is 12.6. The fourth-order valence-electron chi connectivity index (χ4n) is 1.97. The third-order valence-electron chi connectivity index (χ3n) is 3.15. The van der Waals surface area contributed by atoms with E-state index in [4.69, 9.17) is 44.7 Å². The molecule has 0 aromatic heterocycles. The molecule has 1 atom stereocenters. The highest BCUT2D eigenvalue weighted by molar-refractivity contribution is 7.73. The molecule has 0 aliphatic carbocycles. The van der Waals surface area contributed by atoms with Gasteiger partial charge in [-0.2, -0.15) is 0 Å². The third-order valence-corrected chi connectivity index (χ3v) is 5.00. The van der Waals surface area contributed by atoms with Crippen molar-refractivity contribution in [3.8, 4) is 5.75 Å². The Morgan fingerprint density at radius 1 is 1.04 bits per heavy atom. The molecule has 0 radical (unpaired) electrons. The number of oxime groups is 1. The standard InChI is InChI=1S/C15H11Cl3NO6P/c16-9-3-1-8(2-4-9)14(13(20)15(19-21)26(22,23)24)25-10-5-6-11(17)12(18)7-10/h1-7,14,21H,(H2,22,23,24)/b19-15-. The second-order valence-corrected chi connectivity index (χ2v) is 7.72. The zero-order valence-electron chi connectivity index (χ0n) is 12.7. The van der Waals surface area contributed by atoms with Crippen LogP contribution in [0, 0.1) is 0 Å². The molecule has 0 bridgehead atoms. The Bertz CT molecular complexity index is 897. The van der Waals surface area contributed by atoms with Crippen molar-refractivity contribution in [3.63, 3.8) is 0 Å². The molecule has 7 nitrogen and oxygen atoms in total. The quantitative estimate of drug-likeness (QED) is 0.268. The maximum Gasteiger partial charge on any atom is 0.381 e. The van der Waals surface area contributed by atoms with Crippen LogP contribution in [0.15, 0.2) is 47.6 Å². The molecule has 2 aromatic carbocycles. The van der Waals surface area contributed by atoms with E-state index in [1.54, 1.807) is 0 Å². The van der Waals surface area contributed by atoms with Crippen LogP contribution in [0.25, 0.3) is 0 Å². The van der Waals surface area contributed by atoms with Crippen molar-refractivity contribution in [2.45, 2.75) is 6.10 Å². The van der Waals surface area contributed by atoms with Crippen molar-refractivity contribution in [2.75, 3.05) is 0 Å². The zero-order valence-corrected chi connectivity index (χ0v) is 15.9. The van der Waals surface area contributed by atoms with E-state index in [1.165, 1.54) is 42.5 Å². The van der Waals surface area contributed by atoms with Crippen molar-refractivity contribution in [2.24, 2.45) is 5.16 Å². The first kappa shape index (κ1) is 20.7. The molecule has 0 saturated heterocycles. The van der Waals surface area contributed by atoms with Gasteiger partial charge in [0.05, 0.1) is 10.0 Å². The number of rotatable bonds is 6. The summed E-state index contributed by atoms with van der Waals surface area (Å²) in [6.07, 6.45) is -1.52. The van der Waals surface area contributed by atoms with Gasteiger partial charge >= 0.3 is 7.60 Å². The number of Topliss-reactive ketones (excluding diaryl/α,β-unsaturated/α-hetero) is 1.